The van der Waals surface area contributed by atoms with E-state index in [0.717, 1.165) is 12.0 Å². The van der Waals surface area contributed by atoms with Crippen molar-refractivity contribution in [3.63, 3.8) is 0 Å². The van der Waals surface area contributed by atoms with Gasteiger partial charge in [-0.15, -0.1) is 0 Å². The average molecular weight is 485 g/mol. The molecular weight excluding hydrogens is 440 g/mol. The lowest BCUT2D eigenvalue weighted by molar-refractivity contribution is -0.117. The zero-order valence-electron chi connectivity index (χ0n) is 22.2. The molecule has 2 amide bonds. The highest BCUT2D eigenvalue weighted by Gasteiger charge is 2.50. The fraction of sp³-hybridized carbons (Fsp3) is 0.655. The van der Waals surface area contributed by atoms with Crippen LogP contribution >= 0.6 is 0 Å². The summed E-state index contributed by atoms with van der Waals surface area (Å²) in [6.45, 7) is 10.8. The molecule has 0 aromatic heterocycles. The monoisotopic (exact) mass is 484 g/mol. The number of nitrogens with zero attached hydrogens (tertiary/aromatic N) is 1. The molecule has 1 N–H and O–H groups in total. The summed E-state index contributed by atoms with van der Waals surface area (Å²) in [5.74, 6) is 0.878. The summed E-state index contributed by atoms with van der Waals surface area (Å²) in [7, 11) is 0. The van der Waals surface area contributed by atoms with Gasteiger partial charge in [0.05, 0.1) is 12.1 Å². The normalized spacial score (nSPS) is 22.9. The Morgan fingerprint density at radius 1 is 1.17 bits per heavy atom. The Morgan fingerprint density at radius 3 is 2.49 bits per heavy atom. The lowest BCUT2D eigenvalue weighted by atomic mass is 9.83. The molecule has 1 aliphatic carbocycles. The molecule has 194 valence electrons. The first-order valence-corrected chi connectivity index (χ1v) is 13.4. The van der Waals surface area contributed by atoms with Gasteiger partial charge in [0.2, 0.25) is 5.91 Å². The SMILES string of the molecule is CCC(=C[C@@H]1OC(C)(C)N(C(=O)OCc2ccccc2)[C@H]1CC1CCCCC1)C(=O)NCC(C)C. The Kier molecular flexibility index (Phi) is 9.79. The summed E-state index contributed by atoms with van der Waals surface area (Å²) in [5, 5.41) is 3.03. The van der Waals surface area contributed by atoms with Gasteiger partial charge in [0, 0.05) is 12.1 Å². The molecule has 0 radical (unpaired) electrons. The van der Waals surface area contributed by atoms with Crippen LogP contribution in [-0.2, 0) is 20.9 Å². The first-order valence-electron chi connectivity index (χ1n) is 13.4. The highest BCUT2D eigenvalue weighted by Crippen LogP contribution is 2.39. The van der Waals surface area contributed by atoms with E-state index in [9.17, 15) is 9.59 Å². The Labute approximate surface area is 211 Å². The first-order chi connectivity index (χ1) is 16.7. The van der Waals surface area contributed by atoms with Crippen molar-refractivity contribution >= 4 is 12.0 Å². The van der Waals surface area contributed by atoms with Crippen LogP contribution in [0.3, 0.4) is 0 Å². The summed E-state index contributed by atoms with van der Waals surface area (Å²) in [6, 6.07) is 9.56. The topological polar surface area (TPSA) is 67.9 Å². The molecule has 1 aliphatic heterocycles. The third-order valence-corrected chi connectivity index (χ3v) is 7.13. The molecule has 1 aromatic rings. The summed E-state index contributed by atoms with van der Waals surface area (Å²) in [6.07, 6.45) is 8.81. The lowest BCUT2D eigenvalue weighted by Crippen LogP contribution is -2.49. The Balaban J connectivity index is 1.83. The van der Waals surface area contributed by atoms with Gasteiger partial charge in [-0.05, 0) is 50.2 Å². The van der Waals surface area contributed by atoms with Gasteiger partial charge in [-0.25, -0.2) is 4.79 Å². The maximum atomic E-state index is 13.4. The third-order valence-electron chi connectivity index (χ3n) is 7.13. The predicted octanol–water partition coefficient (Wildman–Crippen LogP) is 6.21. The largest absolute Gasteiger partial charge is 0.444 e. The third kappa shape index (κ3) is 7.57. The van der Waals surface area contributed by atoms with Crippen molar-refractivity contribution in [1.29, 1.82) is 0 Å². The summed E-state index contributed by atoms with van der Waals surface area (Å²) < 4.78 is 12.2. The second-order valence-corrected chi connectivity index (χ2v) is 10.9. The van der Waals surface area contributed by atoms with Crippen LogP contribution in [0, 0.1) is 11.8 Å². The molecule has 3 rings (SSSR count). The fourth-order valence-corrected chi connectivity index (χ4v) is 5.27. The maximum absolute atomic E-state index is 13.4. The van der Waals surface area contributed by atoms with Crippen LogP contribution in [0.15, 0.2) is 42.0 Å². The number of carbonyl (C=O) groups excluding carboxylic acids is 2. The number of ether oxygens (including phenoxy) is 2. The van der Waals surface area contributed by atoms with E-state index in [1.165, 1.54) is 32.1 Å². The molecule has 35 heavy (non-hydrogen) atoms. The van der Waals surface area contributed by atoms with Crippen LogP contribution in [0.5, 0.6) is 0 Å². The molecule has 6 nitrogen and oxygen atoms in total. The van der Waals surface area contributed by atoms with Gasteiger partial charge in [0.25, 0.3) is 0 Å². The molecule has 1 heterocycles. The van der Waals surface area contributed by atoms with Gasteiger partial charge in [-0.3, -0.25) is 9.69 Å². The van der Waals surface area contributed by atoms with Crippen molar-refractivity contribution in [2.45, 2.75) is 104 Å². The van der Waals surface area contributed by atoms with Crippen LogP contribution in [0.4, 0.5) is 4.79 Å². The van der Waals surface area contributed by atoms with Crippen LogP contribution in [-0.4, -0.2) is 41.3 Å². The van der Waals surface area contributed by atoms with Crippen molar-refractivity contribution in [2.75, 3.05) is 6.54 Å². The highest BCUT2D eigenvalue weighted by molar-refractivity contribution is 5.93. The van der Waals surface area contributed by atoms with Crippen LogP contribution in [0.25, 0.3) is 0 Å². The van der Waals surface area contributed by atoms with E-state index in [-0.39, 0.29) is 30.8 Å². The van der Waals surface area contributed by atoms with Crippen LogP contribution in [0.1, 0.15) is 85.1 Å². The molecular formula is C29H44N2O4. The number of carbonyl (C=O) groups is 2. The summed E-state index contributed by atoms with van der Waals surface area (Å²) in [5.41, 5.74) is 0.829. The Morgan fingerprint density at radius 2 is 1.86 bits per heavy atom. The van der Waals surface area contributed by atoms with Crippen molar-refractivity contribution < 1.29 is 19.1 Å². The quantitative estimate of drug-likeness (QED) is 0.423. The lowest BCUT2D eigenvalue weighted by Gasteiger charge is -2.35. The second kappa shape index (κ2) is 12.6. The minimum atomic E-state index is -0.832. The molecule has 2 atom stereocenters. The van der Waals surface area contributed by atoms with Crippen LogP contribution in [0.2, 0.25) is 0 Å². The average Bonchev–Trinajstić information content (AvgIpc) is 3.09. The highest BCUT2D eigenvalue weighted by atomic mass is 16.6. The zero-order valence-corrected chi connectivity index (χ0v) is 22.2. The number of amides is 2. The van der Waals surface area contributed by atoms with E-state index in [1.54, 1.807) is 4.90 Å². The molecule has 0 unspecified atom stereocenters. The smallest absolute Gasteiger partial charge is 0.412 e. The van der Waals surface area contributed by atoms with Gasteiger partial charge in [0.1, 0.15) is 12.3 Å². The Bertz CT molecular complexity index is 859. The van der Waals surface area contributed by atoms with Gasteiger partial charge >= 0.3 is 6.09 Å². The number of hydrogen-bond donors (Lipinski definition) is 1. The maximum Gasteiger partial charge on any atom is 0.412 e. The van der Waals surface area contributed by atoms with E-state index < -0.39 is 5.72 Å². The van der Waals surface area contributed by atoms with E-state index >= 15 is 0 Å². The summed E-state index contributed by atoms with van der Waals surface area (Å²) in [4.78, 5) is 28.1. The van der Waals surface area contributed by atoms with Crippen molar-refractivity contribution in [3.05, 3.63) is 47.5 Å². The van der Waals surface area contributed by atoms with E-state index in [4.69, 9.17) is 9.47 Å². The van der Waals surface area contributed by atoms with Crippen molar-refractivity contribution in [3.8, 4) is 0 Å². The minimum Gasteiger partial charge on any atom is -0.444 e. The Hall–Kier alpha value is -2.34. The predicted molar refractivity (Wildman–Crippen MR) is 139 cm³/mol. The van der Waals surface area contributed by atoms with E-state index in [2.05, 4.69) is 19.2 Å². The molecule has 1 saturated heterocycles. The molecule has 0 bridgehead atoms. The molecule has 6 heteroatoms. The zero-order chi connectivity index (χ0) is 25.4. The van der Waals surface area contributed by atoms with Gasteiger partial charge < -0.3 is 14.8 Å². The number of nitrogens with one attached hydrogen (secondary N) is 1. The van der Waals surface area contributed by atoms with Crippen molar-refractivity contribution in [2.24, 2.45) is 11.8 Å². The first kappa shape index (κ1) is 27.3. The second-order valence-electron chi connectivity index (χ2n) is 10.9. The standard InChI is InChI=1S/C29H44N2O4/c1-6-24(27(32)30-19-21(2)3)18-26-25(17-22-13-9-7-10-14-22)31(29(4,5)35-26)28(33)34-20-23-15-11-8-12-16-23/h8,11-12,15-16,18,21-22,25-26H,6-7,9-10,13-14,17,19-20H2,1-5H3,(H,30,32)/t25-,26-/m0/s1. The molecule has 0 spiro atoms. The molecule has 2 fully saturated rings. The number of rotatable bonds is 9. The van der Waals surface area contributed by atoms with Crippen LogP contribution < -0.4 is 5.32 Å². The summed E-state index contributed by atoms with van der Waals surface area (Å²) >= 11 is 0. The molecule has 2 aliphatic rings. The van der Waals surface area contributed by atoms with Crippen molar-refractivity contribution in [1.82, 2.24) is 10.2 Å². The number of benzene rings is 1. The molecule has 1 saturated carbocycles. The fourth-order valence-electron chi connectivity index (χ4n) is 5.27. The van der Waals surface area contributed by atoms with E-state index in [0.29, 0.717) is 30.4 Å². The number of hydrogen-bond acceptors (Lipinski definition) is 4. The minimum absolute atomic E-state index is 0.0517. The van der Waals surface area contributed by atoms with Gasteiger partial charge in [0.15, 0.2) is 0 Å². The van der Waals surface area contributed by atoms with Gasteiger partial charge in [-0.1, -0.05) is 83.2 Å². The van der Waals surface area contributed by atoms with E-state index in [1.807, 2.05) is 57.2 Å². The molecule has 1 aromatic carbocycles. The van der Waals surface area contributed by atoms with Gasteiger partial charge in [-0.2, -0.15) is 0 Å².